The fourth-order valence-electron chi connectivity index (χ4n) is 2.00. The average molecular weight is 324 g/mol. The third-order valence-corrected chi connectivity index (χ3v) is 4.68. The van der Waals surface area contributed by atoms with Crippen molar-refractivity contribution >= 4 is 11.2 Å². The molecule has 1 atom stereocenters. The molecule has 22 heavy (non-hydrogen) atoms. The van der Waals surface area contributed by atoms with Crippen LogP contribution in [0.5, 0.6) is 5.75 Å². The van der Waals surface area contributed by atoms with Crippen LogP contribution in [0.25, 0.3) is 0 Å². The number of methoxy groups -OCH3 is 1. The minimum absolute atomic E-state index is 0.0438. The van der Waals surface area contributed by atoms with E-state index in [4.69, 9.17) is 9.47 Å². The predicted molar refractivity (Wildman–Crippen MR) is 93.0 cm³/mol. The van der Waals surface area contributed by atoms with Gasteiger partial charge in [-0.05, 0) is 81.6 Å². The number of allylic oxidation sites excluding steroid dienone is 1. The molecule has 0 fully saturated rings. The van der Waals surface area contributed by atoms with Gasteiger partial charge in [-0.15, -0.1) is 0 Å². The normalized spacial score (nSPS) is 14.0. The molecule has 0 aliphatic rings. The van der Waals surface area contributed by atoms with E-state index < -0.39 is 11.2 Å². The Morgan fingerprint density at radius 3 is 2.45 bits per heavy atom. The number of ether oxygens (including phenoxy) is 2. The zero-order chi connectivity index (χ0) is 16.6. The highest BCUT2D eigenvalue weighted by Gasteiger charge is 2.15. The summed E-state index contributed by atoms with van der Waals surface area (Å²) in [7, 11) is 1.76. The molecule has 1 aromatic carbocycles. The molecule has 124 valence electrons. The maximum atomic E-state index is 11.3. The van der Waals surface area contributed by atoms with E-state index in [9.17, 15) is 4.55 Å². The summed E-state index contributed by atoms with van der Waals surface area (Å²) in [5, 5.41) is 0. The van der Waals surface area contributed by atoms with E-state index in [1.54, 1.807) is 13.4 Å². The van der Waals surface area contributed by atoms with Crippen molar-refractivity contribution in [3.05, 3.63) is 35.9 Å². The standard InChI is InChI=1S/C18H28O3S/c1-15(7-6-13-18(2,3)20-4)12-14-21-16-8-10-17(11-9-16)22(5)19/h8-12H,6-7,13-14H2,1-5H3. The van der Waals surface area contributed by atoms with Crippen molar-refractivity contribution in [2.75, 3.05) is 20.0 Å². The molecular weight excluding hydrogens is 296 g/mol. The largest absolute Gasteiger partial charge is 0.612 e. The van der Waals surface area contributed by atoms with Crippen molar-refractivity contribution in [1.29, 1.82) is 0 Å². The van der Waals surface area contributed by atoms with E-state index >= 15 is 0 Å². The summed E-state index contributed by atoms with van der Waals surface area (Å²) >= 11 is -0.940. The monoisotopic (exact) mass is 324 g/mol. The lowest BCUT2D eigenvalue weighted by atomic mass is 9.99. The lowest BCUT2D eigenvalue weighted by Gasteiger charge is -2.22. The Bertz CT molecular complexity index is 464. The molecule has 4 heteroatoms. The van der Waals surface area contributed by atoms with E-state index in [0.717, 1.165) is 29.9 Å². The van der Waals surface area contributed by atoms with Crippen molar-refractivity contribution in [3.8, 4) is 5.75 Å². The Morgan fingerprint density at radius 1 is 1.27 bits per heavy atom. The van der Waals surface area contributed by atoms with Gasteiger partial charge in [0.15, 0.2) is 4.90 Å². The third-order valence-electron chi connectivity index (χ3n) is 3.74. The molecule has 0 heterocycles. The number of rotatable bonds is 9. The summed E-state index contributed by atoms with van der Waals surface area (Å²) in [5.41, 5.74) is 1.29. The van der Waals surface area contributed by atoms with E-state index in [1.807, 2.05) is 24.3 Å². The van der Waals surface area contributed by atoms with E-state index in [0.29, 0.717) is 6.61 Å². The number of benzene rings is 1. The van der Waals surface area contributed by atoms with Gasteiger partial charge >= 0.3 is 0 Å². The first-order valence-corrected chi connectivity index (χ1v) is 9.17. The Hall–Kier alpha value is -0.970. The summed E-state index contributed by atoms with van der Waals surface area (Å²) < 4.78 is 22.4. The molecule has 0 N–H and O–H groups in total. The Labute approximate surface area is 137 Å². The zero-order valence-corrected chi connectivity index (χ0v) is 15.2. The van der Waals surface area contributed by atoms with Crippen molar-refractivity contribution in [2.24, 2.45) is 0 Å². The first kappa shape index (κ1) is 19.1. The highest BCUT2D eigenvalue weighted by molar-refractivity contribution is 7.90. The van der Waals surface area contributed by atoms with Crippen LogP contribution < -0.4 is 4.74 Å². The second kappa shape index (κ2) is 9.23. The van der Waals surface area contributed by atoms with Crippen LogP contribution in [0.15, 0.2) is 40.8 Å². The molecule has 0 saturated heterocycles. The van der Waals surface area contributed by atoms with Gasteiger partial charge in [0, 0.05) is 7.11 Å². The fourth-order valence-corrected chi connectivity index (χ4v) is 2.52. The summed E-state index contributed by atoms with van der Waals surface area (Å²) in [6, 6.07) is 7.41. The second-order valence-corrected chi connectivity index (χ2v) is 7.48. The summed E-state index contributed by atoms with van der Waals surface area (Å²) in [4.78, 5) is 0.819. The quantitative estimate of drug-likeness (QED) is 0.501. The predicted octanol–water partition coefficient (Wildman–Crippen LogP) is 4.34. The summed E-state index contributed by atoms with van der Waals surface area (Å²) in [6.07, 6.45) is 7.01. The third kappa shape index (κ3) is 7.34. The molecule has 0 aliphatic heterocycles. The van der Waals surface area contributed by atoms with Crippen molar-refractivity contribution in [2.45, 2.75) is 50.5 Å². The first-order chi connectivity index (χ1) is 10.3. The van der Waals surface area contributed by atoms with E-state index in [2.05, 4.69) is 26.8 Å². The maximum Gasteiger partial charge on any atom is 0.152 e. The van der Waals surface area contributed by atoms with Crippen LogP contribution in [0.3, 0.4) is 0 Å². The molecule has 1 aromatic rings. The van der Waals surface area contributed by atoms with E-state index in [-0.39, 0.29) is 5.60 Å². The van der Waals surface area contributed by atoms with Gasteiger partial charge in [0.2, 0.25) is 0 Å². The fraction of sp³-hybridized carbons (Fsp3) is 0.556. The molecule has 0 spiro atoms. The molecule has 0 aliphatic carbocycles. The van der Waals surface area contributed by atoms with Crippen molar-refractivity contribution in [1.82, 2.24) is 0 Å². The van der Waals surface area contributed by atoms with Gasteiger partial charge in [-0.2, -0.15) is 0 Å². The lowest BCUT2D eigenvalue weighted by molar-refractivity contribution is 0.0140. The number of hydrogen-bond acceptors (Lipinski definition) is 3. The molecule has 1 unspecified atom stereocenters. The molecule has 0 amide bonds. The van der Waals surface area contributed by atoms with Gasteiger partial charge in [0.1, 0.15) is 18.6 Å². The van der Waals surface area contributed by atoms with Crippen LogP contribution in [0, 0.1) is 0 Å². The minimum Gasteiger partial charge on any atom is -0.612 e. The molecule has 0 aromatic heterocycles. The van der Waals surface area contributed by atoms with Crippen LogP contribution >= 0.6 is 0 Å². The molecule has 3 nitrogen and oxygen atoms in total. The van der Waals surface area contributed by atoms with Gasteiger partial charge in [-0.3, -0.25) is 0 Å². The van der Waals surface area contributed by atoms with Crippen LogP contribution in [-0.4, -0.2) is 30.1 Å². The average Bonchev–Trinajstić information content (AvgIpc) is 2.47. The minimum atomic E-state index is -0.940. The SMILES string of the molecule is COC(C)(C)CCCC(C)=CCOc1ccc([S+](C)[O-])cc1. The second-order valence-electron chi connectivity index (χ2n) is 6.10. The highest BCUT2D eigenvalue weighted by atomic mass is 32.2. The zero-order valence-electron chi connectivity index (χ0n) is 14.3. The van der Waals surface area contributed by atoms with E-state index in [1.165, 1.54) is 5.57 Å². The Balaban J connectivity index is 2.32. The van der Waals surface area contributed by atoms with Gasteiger partial charge in [-0.1, -0.05) is 5.57 Å². The Kier molecular flexibility index (Phi) is 8.01. The Morgan fingerprint density at radius 2 is 1.91 bits per heavy atom. The van der Waals surface area contributed by atoms with Crippen LogP contribution in [0.1, 0.15) is 40.0 Å². The topological polar surface area (TPSA) is 41.5 Å². The summed E-state index contributed by atoms with van der Waals surface area (Å²) in [5.74, 6) is 0.804. The van der Waals surface area contributed by atoms with Crippen molar-refractivity contribution < 1.29 is 14.0 Å². The summed E-state index contributed by atoms with van der Waals surface area (Å²) in [6.45, 7) is 6.92. The molecule has 1 rings (SSSR count). The van der Waals surface area contributed by atoms with Crippen LogP contribution in [-0.2, 0) is 15.9 Å². The molecule has 0 radical (unpaired) electrons. The molecular formula is C18H28O3S. The first-order valence-electron chi connectivity index (χ1n) is 7.61. The van der Waals surface area contributed by atoms with Gasteiger partial charge in [0.05, 0.1) is 5.60 Å². The van der Waals surface area contributed by atoms with Crippen LogP contribution in [0.4, 0.5) is 0 Å². The van der Waals surface area contributed by atoms with Gasteiger partial charge in [-0.25, -0.2) is 0 Å². The smallest absolute Gasteiger partial charge is 0.152 e. The van der Waals surface area contributed by atoms with Gasteiger partial charge in [0.25, 0.3) is 0 Å². The number of hydrogen-bond donors (Lipinski definition) is 0. The molecule has 0 bridgehead atoms. The molecule has 0 saturated carbocycles. The maximum absolute atomic E-state index is 11.3. The highest BCUT2D eigenvalue weighted by Crippen LogP contribution is 2.19. The lowest BCUT2D eigenvalue weighted by Crippen LogP contribution is -2.21. The van der Waals surface area contributed by atoms with Crippen LogP contribution in [0.2, 0.25) is 0 Å². The van der Waals surface area contributed by atoms with Gasteiger partial charge < -0.3 is 14.0 Å². The van der Waals surface area contributed by atoms with Crippen molar-refractivity contribution in [3.63, 3.8) is 0 Å².